The van der Waals surface area contributed by atoms with Gasteiger partial charge in [-0.15, -0.1) is 0 Å². The Bertz CT molecular complexity index is 171. The largest absolute Gasteiger partial charge is 3.00 e. The molecule has 0 aromatic heterocycles. The molecule has 0 unspecified atom stereocenters. The molecule has 0 aliphatic rings. The van der Waals surface area contributed by atoms with Crippen molar-refractivity contribution in [3.8, 4) is 0 Å². The third-order valence-corrected chi connectivity index (χ3v) is 3.41. The van der Waals surface area contributed by atoms with Crippen LogP contribution in [0, 0.1) is 109 Å². The van der Waals surface area contributed by atoms with Crippen molar-refractivity contribution < 1.29 is 96.0 Å². The maximum absolute atomic E-state index is 8.48. The zero-order valence-electron chi connectivity index (χ0n) is 20.8. The maximum atomic E-state index is 8.48. The molecule has 6 heteroatoms. The van der Waals surface area contributed by atoms with E-state index in [2.05, 4.69) is 55.4 Å². The minimum atomic E-state index is -3.37. The number of unbranched alkanes of at least 4 members (excludes halogenated alkanes) is 12. The molecule has 0 saturated carbocycles. The Morgan fingerprint density at radius 3 is 0.667 bits per heavy atom. The first kappa shape index (κ1) is 49.8. The van der Waals surface area contributed by atoms with Crippen LogP contribution in [-0.2, 0) is 4.57 Å². The summed E-state index contributed by atoms with van der Waals surface area (Å²) in [4.78, 5) is 17.0. The minimum Gasteiger partial charge on any atom is -0.598 e. The molecule has 2 radical (unpaired) electrons. The first-order valence-electron chi connectivity index (χ1n) is 11.4. The average Bonchev–Trinajstić information content (AvgIpc) is 2.68. The molecule has 0 rings (SSSR count). The van der Waals surface area contributed by atoms with E-state index in [1.807, 2.05) is 0 Å². The summed E-state index contributed by atoms with van der Waals surface area (Å²) in [6, 6.07) is 0. The smallest absolute Gasteiger partial charge is 0.598 e. The summed E-state index contributed by atoms with van der Waals surface area (Å²) < 4.78 is 8.48. The van der Waals surface area contributed by atoms with Gasteiger partial charge in [0.25, 0.3) is 8.25 Å². The van der Waals surface area contributed by atoms with E-state index < -0.39 is 8.25 Å². The quantitative estimate of drug-likeness (QED) is 0.118. The number of hydrogen-bond acceptors (Lipinski definition) is 3. The van der Waals surface area contributed by atoms with E-state index in [0.29, 0.717) is 0 Å². The van der Waals surface area contributed by atoms with Crippen molar-refractivity contribution in [3.63, 3.8) is 0 Å². The normalized spacial score (nSPS) is 8.07. The average molecular weight is 708 g/mol. The predicted octanol–water partition coefficient (Wildman–Crippen LogP) is 7.97. The van der Waals surface area contributed by atoms with E-state index in [1.165, 1.54) is 77.0 Å². The van der Waals surface area contributed by atoms with Crippen LogP contribution in [0.2, 0.25) is 0 Å². The first-order valence-corrected chi connectivity index (χ1v) is 12.5. The van der Waals surface area contributed by atoms with Crippen molar-refractivity contribution in [2.24, 2.45) is 0 Å². The van der Waals surface area contributed by atoms with Crippen LogP contribution in [0.15, 0.2) is 0 Å². The van der Waals surface area contributed by atoms with Gasteiger partial charge in [0.1, 0.15) is 0 Å². The first-order chi connectivity index (χ1) is 13.4. The fraction of sp³-hybridized carbons (Fsp3) is 0.833. The summed E-state index contributed by atoms with van der Waals surface area (Å²) in [6.07, 6.45) is 20.3. The fourth-order valence-corrected chi connectivity index (χ4v) is 1.71. The standard InChI is InChI=1S/4C6H13.2Nd.HO3P/c4*1-3-5-6-4-2;;;1-4(2)3/h4*1,3-6H2,2H3;;;(H,1,2,3)/q4*-1;2*+3;/p-1. The Labute approximate surface area is 259 Å². The van der Waals surface area contributed by atoms with Crippen LogP contribution < -0.4 is 9.79 Å². The third-order valence-electron chi connectivity index (χ3n) is 3.41. The summed E-state index contributed by atoms with van der Waals surface area (Å²) in [5, 5.41) is 0. The summed E-state index contributed by atoms with van der Waals surface area (Å²) in [6.45, 7) is 23.7. The van der Waals surface area contributed by atoms with Gasteiger partial charge in [-0.1, -0.05) is 109 Å². The van der Waals surface area contributed by atoms with Crippen LogP contribution in [-0.4, -0.2) is 0 Å². The van der Waals surface area contributed by atoms with Crippen molar-refractivity contribution in [1.82, 2.24) is 0 Å². The third kappa shape index (κ3) is 125. The summed E-state index contributed by atoms with van der Waals surface area (Å²) in [7, 11) is -3.37. The molecule has 0 spiro atoms. The Hall–Kier alpha value is 2.72. The zero-order valence-corrected chi connectivity index (χ0v) is 28.1. The molecule has 0 atom stereocenters. The molecule has 0 heterocycles. The van der Waals surface area contributed by atoms with Crippen molar-refractivity contribution >= 4 is 8.25 Å². The van der Waals surface area contributed by atoms with Gasteiger partial charge < -0.3 is 37.5 Å². The van der Waals surface area contributed by atoms with Crippen LogP contribution in [0.4, 0.5) is 0 Å². The van der Waals surface area contributed by atoms with Gasteiger partial charge in [0.15, 0.2) is 0 Å². The molecule has 0 amide bonds. The van der Waals surface area contributed by atoms with E-state index >= 15 is 0 Å². The fourth-order valence-electron chi connectivity index (χ4n) is 1.71. The van der Waals surface area contributed by atoms with Gasteiger partial charge in [-0.05, 0) is 0 Å². The van der Waals surface area contributed by atoms with Gasteiger partial charge in [0.05, 0.1) is 0 Å². The molecule has 3 nitrogen and oxygen atoms in total. The van der Waals surface area contributed by atoms with Crippen LogP contribution in [0.1, 0.15) is 130 Å². The monoisotopic (exact) mass is 703 g/mol. The number of rotatable bonds is 12. The van der Waals surface area contributed by atoms with E-state index in [0.717, 1.165) is 25.7 Å². The van der Waals surface area contributed by atoms with E-state index in [9.17, 15) is 0 Å². The van der Waals surface area contributed by atoms with E-state index in [-0.39, 0.29) is 81.7 Å². The van der Waals surface area contributed by atoms with E-state index in [4.69, 9.17) is 14.4 Å². The zero-order chi connectivity index (χ0) is 22.9. The molecule has 0 bridgehead atoms. The second kappa shape index (κ2) is 63.5. The minimum absolute atomic E-state index is 0. The Morgan fingerprint density at radius 1 is 0.500 bits per heavy atom. The maximum Gasteiger partial charge on any atom is 3.00 e. The molecule has 0 aromatic carbocycles. The predicted molar refractivity (Wildman–Crippen MR) is 126 cm³/mol. The SMILES string of the molecule is O=[P+]([O-])[O-].[CH2-]CCCCC.[CH2-]CCCCC.[CH2-]CCCCC.[CH2-]CCCCC.[Nd+3].[Nd+3]. The van der Waals surface area contributed by atoms with Crippen LogP contribution in [0.3, 0.4) is 0 Å². The summed E-state index contributed by atoms with van der Waals surface area (Å²) >= 11 is 0. The summed E-state index contributed by atoms with van der Waals surface area (Å²) in [5.41, 5.74) is 0. The van der Waals surface area contributed by atoms with Gasteiger partial charge in [-0.2, -0.15) is 25.7 Å². The van der Waals surface area contributed by atoms with Gasteiger partial charge >= 0.3 is 81.7 Å². The van der Waals surface area contributed by atoms with Gasteiger partial charge in [0, 0.05) is 0 Å². The van der Waals surface area contributed by atoms with Crippen LogP contribution in [0.25, 0.3) is 0 Å². The molecule has 0 aliphatic carbocycles. The van der Waals surface area contributed by atoms with Gasteiger partial charge in [0.2, 0.25) is 0 Å². The summed E-state index contributed by atoms with van der Waals surface area (Å²) in [5.74, 6) is 0. The molecule has 30 heavy (non-hydrogen) atoms. The van der Waals surface area contributed by atoms with Crippen molar-refractivity contribution in [2.45, 2.75) is 130 Å². The second-order valence-electron chi connectivity index (χ2n) is 6.47. The number of hydrogen-bond donors (Lipinski definition) is 0. The van der Waals surface area contributed by atoms with Gasteiger partial charge in [-0.25, -0.2) is 0 Å². The van der Waals surface area contributed by atoms with E-state index in [1.54, 1.807) is 0 Å². The molecule has 178 valence electrons. The Balaban J connectivity index is -0.0000000436. The molecular formula is C24H52Nd2O3P+. The molecule has 0 saturated heterocycles. The molecule has 0 N–H and O–H groups in total. The van der Waals surface area contributed by atoms with Crippen LogP contribution >= 0.6 is 8.25 Å². The molecular weight excluding hydrogens is 656 g/mol. The van der Waals surface area contributed by atoms with Crippen molar-refractivity contribution in [1.29, 1.82) is 0 Å². The van der Waals surface area contributed by atoms with Crippen molar-refractivity contribution in [2.75, 3.05) is 0 Å². The molecule has 0 fully saturated rings. The topological polar surface area (TPSA) is 63.2 Å². The van der Waals surface area contributed by atoms with Gasteiger partial charge in [-0.3, -0.25) is 0 Å². The van der Waals surface area contributed by atoms with Crippen LogP contribution in [0.5, 0.6) is 0 Å². The van der Waals surface area contributed by atoms with Crippen molar-refractivity contribution in [3.05, 3.63) is 27.7 Å². The Kier molecular flexibility index (Phi) is 105. The molecule has 0 aromatic rings. The Morgan fingerprint density at radius 2 is 0.633 bits per heavy atom. The second-order valence-corrected chi connectivity index (χ2v) is 6.91. The molecule has 0 aliphatic heterocycles.